The molecule has 28 heavy (non-hydrogen) atoms. The molecule has 5 aromatic rings. The van der Waals surface area contributed by atoms with Crippen molar-refractivity contribution >= 4 is 39.1 Å². The minimum absolute atomic E-state index is 0.0410. The van der Waals surface area contributed by atoms with Crippen molar-refractivity contribution in [3.05, 3.63) is 64.2 Å². The van der Waals surface area contributed by atoms with Crippen LogP contribution < -0.4 is 5.56 Å². The number of hydrogen-bond donors (Lipinski definition) is 0. The molecule has 0 saturated carbocycles. The topological polar surface area (TPSA) is 70.0 Å². The van der Waals surface area contributed by atoms with E-state index in [1.165, 1.54) is 11.3 Å². The van der Waals surface area contributed by atoms with Crippen LogP contribution >= 0.6 is 23.1 Å². The Kier molecular flexibility index (Phi) is 4.06. The quantitative estimate of drug-likeness (QED) is 0.427. The molecule has 1 aromatic carbocycles. The predicted molar refractivity (Wildman–Crippen MR) is 112 cm³/mol. The van der Waals surface area contributed by atoms with Crippen LogP contribution in [-0.2, 0) is 19.8 Å². The first-order valence-electron chi connectivity index (χ1n) is 8.65. The fourth-order valence-electron chi connectivity index (χ4n) is 3.28. The van der Waals surface area contributed by atoms with Gasteiger partial charge in [-0.3, -0.25) is 13.8 Å². The molecule has 0 aliphatic carbocycles. The average molecular weight is 409 g/mol. The molecule has 0 bridgehead atoms. The van der Waals surface area contributed by atoms with Crippen molar-refractivity contribution in [3.63, 3.8) is 0 Å². The van der Waals surface area contributed by atoms with E-state index in [0.29, 0.717) is 16.2 Å². The summed E-state index contributed by atoms with van der Waals surface area (Å²) < 4.78 is 6.30. The lowest BCUT2D eigenvalue weighted by atomic mass is 10.2. The third kappa shape index (κ3) is 2.58. The third-order valence-electron chi connectivity index (χ3n) is 4.74. The van der Waals surface area contributed by atoms with Gasteiger partial charge in [0.1, 0.15) is 10.5 Å². The Labute approximate surface area is 168 Å². The lowest BCUT2D eigenvalue weighted by molar-refractivity contribution is 0.795. The van der Waals surface area contributed by atoms with Gasteiger partial charge in [-0.15, -0.1) is 21.5 Å². The second-order valence-electron chi connectivity index (χ2n) is 6.39. The number of aryl methyl sites for hydroxylation is 1. The summed E-state index contributed by atoms with van der Waals surface area (Å²) in [5.41, 5.74) is 3.01. The summed E-state index contributed by atoms with van der Waals surface area (Å²) >= 11 is 3.04. The van der Waals surface area contributed by atoms with Gasteiger partial charge < -0.3 is 4.57 Å². The maximum atomic E-state index is 12.4. The highest BCUT2D eigenvalue weighted by atomic mass is 32.2. The molecule has 0 amide bonds. The number of hydrogen-bond acceptors (Lipinski definition) is 6. The number of nitrogens with zero attached hydrogens (tertiary/aromatic N) is 6. The SMILES string of the molecule is Cn1c(-c2ccccc2)cnc1SCc1nnc2n(C)c(=O)c3sccc3n12. The maximum Gasteiger partial charge on any atom is 0.272 e. The summed E-state index contributed by atoms with van der Waals surface area (Å²) in [7, 11) is 3.74. The van der Waals surface area contributed by atoms with Crippen LogP contribution in [0.1, 0.15) is 5.82 Å². The Morgan fingerprint density at radius 3 is 2.71 bits per heavy atom. The highest BCUT2D eigenvalue weighted by Gasteiger charge is 2.17. The Morgan fingerprint density at radius 1 is 1.07 bits per heavy atom. The van der Waals surface area contributed by atoms with Crippen LogP contribution in [0.3, 0.4) is 0 Å². The standard InChI is InChI=1S/C19H16N6OS2/c1-23-14(12-6-4-3-5-7-12)10-20-19(23)28-11-15-21-22-18-24(2)17(26)16-13(25(15)18)8-9-27-16/h3-10H,11H2,1-2H3. The number of rotatable bonds is 4. The predicted octanol–water partition coefficient (Wildman–Crippen LogP) is 3.34. The van der Waals surface area contributed by atoms with Crippen molar-refractivity contribution in [1.82, 2.24) is 28.7 Å². The van der Waals surface area contributed by atoms with Gasteiger partial charge in [0.25, 0.3) is 5.56 Å². The molecule has 0 spiro atoms. The summed E-state index contributed by atoms with van der Waals surface area (Å²) in [6, 6.07) is 12.1. The second-order valence-corrected chi connectivity index (χ2v) is 8.25. The van der Waals surface area contributed by atoms with Crippen molar-refractivity contribution in [2.45, 2.75) is 10.9 Å². The van der Waals surface area contributed by atoms with Crippen LogP contribution in [0.4, 0.5) is 0 Å². The fraction of sp³-hybridized carbons (Fsp3) is 0.158. The van der Waals surface area contributed by atoms with Gasteiger partial charge in [-0.05, 0) is 17.0 Å². The molecule has 7 nitrogen and oxygen atoms in total. The van der Waals surface area contributed by atoms with Crippen molar-refractivity contribution in [3.8, 4) is 11.3 Å². The molecule has 0 aliphatic rings. The Balaban J connectivity index is 1.51. The van der Waals surface area contributed by atoms with E-state index in [4.69, 9.17) is 0 Å². The zero-order chi connectivity index (χ0) is 19.3. The van der Waals surface area contributed by atoms with Crippen LogP contribution in [0.2, 0.25) is 0 Å². The Morgan fingerprint density at radius 2 is 1.89 bits per heavy atom. The molecular weight excluding hydrogens is 392 g/mol. The number of benzene rings is 1. The minimum Gasteiger partial charge on any atom is -0.322 e. The van der Waals surface area contributed by atoms with Crippen molar-refractivity contribution in [2.24, 2.45) is 14.1 Å². The van der Waals surface area contributed by atoms with E-state index in [1.54, 1.807) is 23.4 Å². The summed E-state index contributed by atoms with van der Waals surface area (Å²) in [6.45, 7) is 0. The molecule has 0 N–H and O–H groups in total. The van der Waals surface area contributed by atoms with Crippen molar-refractivity contribution in [2.75, 3.05) is 0 Å². The minimum atomic E-state index is -0.0410. The molecule has 0 atom stereocenters. The zero-order valence-electron chi connectivity index (χ0n) is 15.2. The molecular formula is C19H16N6OS2. The van der Waals surface area contributed by atoms with E-state index in [1.807, 2.05) is 47.3 Å². The van der Waals surface area contributed by atoms with Crippen molar-refractivity contribution in [1.29, 1.82) is 0 Å². The van der Waals surface area contributed by atoms with Gasteiger partial charge in [0.2, 0.25) is 5.78 Å². The third-order valence-corrected chi connectivity index (χ3v) is 6.67. The van der Waals surface area contributed by atoms with Gasteiger partial charge in [-0.2, -0.15) is 0 Å². The number of thioether (sulfide) groups is 1. The molecule has 4 aromatic heterocycles. The Hall–Kier alpha value is -2.91. The summed E-state index contributed by atoms with van der Waals surface area (Å²) in [6.07, 6.45) is 1.89. The first kappa shape index (κ1) is 17.2. The molecule has 4 heterocycles. The summed E-state index contributed by atoms with van der Waals surface area (Å²) in [5.74, 6) is 1.95. The lowest BCUT2D eigenvalue weighted by Crippen LogP contribution is -2.19. The van der Waals surface area contributed by atoms with Crippen LogP contribution in [0.15, 0.2) is 57.9 Å². The number of aromatic nitrogens is 6. The summed E-state index contributed by atoms with van der Waals surface area (Å²) in [5, 5.41) is 11.4. The van der Waals surface area contributed by atoms with E-state index < -0.39 is 0 Å². The lowest BCUT2D eigenvalue weighted by Gasteiger charge is -2.06. The molecule has 9 heteroatoms. The number of imidazole rings is 1. The zero-order valence-corrected chi connectivity index (χ0v) is 16.9. The van der Waals surface area contributed by atoms with E-state index in [-0.39, 0.29) is 5.56 Å². The molecule has 0 fully saturated rings. The van der Waals surface area contributed by atoms with Crippen LogP contribution in [0.25, 0.3) is 27.3 Å². The van der Waals surface area contributed by atoms with Crippen LogP contribution in [-0.4, -0.2) is 28.7 Å². The highest BCUT2D eigenvalue weighted by Crippen LogP contribution is 2.27. The monoisotopic (exact) mass is 408 g/mol. The Bertz CT molecular complexity index is 1360. The van der Waals surface area contributed by atoms with Crippen LogP contribution in [0.5, 0.6) is 0 Å². The maximum absolute atomic E-state index is 12.4. The van der Waals surface area contributed by atoms with Gasteiger partial charge in [0.15, 0.2) is 5.16 Å². The fourth-order valence-corrected chi connectivity index (χ4v) is 4.99. The van der Waals surface area contributed by atoms with Gasteiger partial charge in [0.05, 0.1) is 23.2 Å². The molecule has 0 aliphatic heterocycles. The van der Waals surface area contributed by atoms with Gasteiger partial charge in [-0.1, -0.05) is 42.1 Å². The van der Waals surface area contributed by atoms with Crippen LogP contribution in [0, 0.1) is 0 Å². The highest BCUT2D eigenvalue weighted by molar-refractivity contribution is 7.98. The summed E-state index contributed by atoms with van der Waals surface area (Å²) in [4.78, 5) is 17.0. The largest absolute Gasteiger partial charge is 0.322 e. The normalized spacial score (nSPS) is 11.6. The van der Waals surface area contributed by atoms with E-state index in [0.717, 1.165) is 27.8 Å². The number of fused-ring (bicyclic) bond motifs is 3. The van der Waals surface area contributed by atoms with Gasteiger partial charge in [0, 0.05) is 14.1 Å². The molecule has 140 valence electrons. The molecule has 0 radical (unpaired) electrons. The van der Waals surface area contributed by atoms with Crippen molar-refractivity contribution < 1.29 is 0 Å². The molecule has 5 rings (SSSR count). The van der Waals surface area contributed by atoms with Gasteiger partial charge >= 0.3 is 0 Å². The molecule has 0 saturated heterocycles. The van der Waals surface area contributed by atoms with Gasteiger partial charge in [-0.25, -0.2) is 4.98 Å². The van der Waals surface area contributed by atoms with E-state index >= 15 is 0 Å². The second kappa shape index (κ2) is 6.61. The molecule has 0 unspecified atom stereocenters. The first-order chi connectivity index (χ1) is 13.6. The smallest absolute Gasteiger partial charge is 0.272 e. The average Bonchev–Trinajstić information content (AvgIpc) is 3.43. The van der Waals surface area contributed by atoms with E-state index in [2.05, 4.69) is 31.9 Å². The number of thiophene rings is 1. The first-order valence-corrected chi connectivity index (χ1v) is 10.5. The van der Waals surface area contributed by atoms with E-state index in [9.17, 15) is 4.79 Å².